The van der Waals surface area contributed by atoms with Crippen LogP contribution in [0.1, 0.15) is 33.5 Å². The van der Waals surface area contributed by atoms with E-state index >= 15 is 0 Å². The second kappa shape index (κ2) is 9.33. The quantitative estimate of drug-likeness (QED) is 0.413. The Balaban J connectivity index is 1.81. The van der Waals surface area contributed by atoms with E-state index in [1.807, 2.05) is 0 Å². The highest BCUT2D eigenvalue weighted by Crippen LogP contribution is 2.15. The molecule has 0 bridgehead atoms. The summed E-state index contributed by atoms with van der Waals surface area (Å²) in [6, 6.07) is 12.3. The van der Waals surface area contributed by atoms with E-state index in [4.69, 9.17) is 4.74 Å². The van der Waals surface area contributed by atoms with Crippen LogP contribution in [0.15, 0.2) is 59.4 Å². The molecule has 172 valence electrons. The molecule has 0 aliphatic carbocycles. The number of benzene rings is 2. The van der Waals surface area contributed by atoms with Gasteiger partial charge in [0, 0.05) is 23.0 Å². The molecule has 0 aliphatic heterocycles. The van der Waals surface area contributed by atoms with Gasteiger partial charge in [0.05, 0.1) is 6.26 Å². The van der Waals surface area contributed by atoms with Crippen LogP contribution >= 0.6 is 0 Å². The van der Waals surface area contributed by atoms with E-state index in [2.05, 4.69) is 9.82 Å². The van der Waals surface area contributed by atoms with Gasteiger partial charge in [0.1, 0.15) is 11.5 Å². The van der Waals surface area contributed by atoms with Crippen molar-refractivity contribution in [1.82, 2.24) is 9.78 Å². The van der Waals surface area contributed by atoms with Crippen LogP contribution in [-0.4, -0.2) is 42.3 Å². The highest BCUT2D eigenvalue weighted by Gasteiger charge is 2.24. The van der Waals surface area contributed by atoms with Gasteiger partial charge in [0.2, 0.25) is 26.9 Å². The Morgan fingerprint density at radius 3 is 2.36 bits per heavy atom. The minimum absolute atomic E-state index is 0.0379. The fraction of sp³-hybridized carbons (Fsp3) is 0.182. The van der Waals surface area contributed by atoms with E-state index in [9.17, 15) is 27.2 Å². The number of nitrogens with zero attached hydrogens (tertiary/aromatic N) is 2. The van der Waals surface area contributed by atoms with Gasteiger partial charge in [-0.2, -0.15) is 5.10 Å². The Bertz CT molecular complexity index is 1380. The zero-order valence-corrected chi connectivity index (χ0v) is 18.7. The van der Waals surface area contributed by atoms with Crippen molar-refractivity contribution in [3.63, 3.8) is 0 Å². The van der Waals surface area contributed by atoms with Crippen LogP contribution < -0.4 is 10.2 Å². The number of aryl methyl sites for hydroxylation is 1. The molecule has 0 amide bonds. The number of para-hydroxylation sites is 1. The molecule has 3 rings (SSSR count). The van der Waals surface area contributed by atoms with Crippen molar-refractivity contribution < 1.29 is 27.1 Å². The lowest BCUT2D eigenvalue weighted by atomic mass is 10.1. The third-order valence-corrected chi connectivity index (χ3v) is 5.11. The summed E-state index contributed by atoms with van der Waals surface area (Å²) in [5.41, 5.74) is -0.576. The first kappa shape index (κ1) is 23.8. The molecule has 1 aromatic heterocycles. The van der Waals surface area contributed by atoms with Crippen molar-refractivity contribution in [2.75, 3.05) is 11.0 Å². The number of Topliss-reactive ketones (excluding diaryl/α,β-unsaturated/α-hetero) is 1. The van der Waals surface area contributed by atoms with Crippen molar-refractivity contribution in [3.05, 3.63) is 87.6 Å². The van der Waals surface area contributed by atoms with Crippen LogP contribution in [0, 0.1) is 12.7 Å². The summed E-state index contributed by atoms with van der Waals surface area (Å²) in [6.07, 6.45) is -0.275. The maximum absolute atomic E-state index is 14.2. The van der Waals surface area contributed by atoms with Crippen molar-refractivity contribution in [2.45, 2.75) is 20.0 Å². The summed E-state index contributed by atoms with van der Waals surface area (Å²) in [7, 11) is -3.47. The molecule has 11 heteroatoms. The number of anilines is 1. The summed E-state index contributed by atoms with van der Waals surface area (Å²) in [4.78, 5) is 37.5. The number of esters is 1. The summed E-state index contributed by atoms with van der Waals surface area (Å²) >= 11 is 0. The minimum atomic E-state index is -3.47. The van der Waals surface area contributed by atoms with Gasteiger partial charge < -0.3 is 4.74 Å². The molecule has 0 saturated carbocycles. The lowest BCUT2D eigenvalue weighted by molar-refractivity contribution is 0.0310. The monoisotopic (exact) mass is 473 g/mol. The highest BCUT2D eigenvalue weighted by atomic mass is 32.2. The Morgan fingerprint density at radius 2 is 1.76 bits per heavy atom. The summed E-state index contributed by atoms with van der Waals surface area (Å²) in [5, 5.41) is 3.95. The largest absolute Gasteiger partial charge is 0.449 e. The molecule has 0 radical (unpaired) electrons. The van der Waals surface area contributed by atoms with Gasteiger partial charge in [-0.05, 0) is 50.2 Å². The number of hydrogen-bond acceptors (Lipinski definition) is 7. The number of rotatable bonds is 7. The average Bonchev–Trinajstić information content (AvgIpc) is 2.73. The molecule has 2 aromatic carbocycles. The summed E-state index contributed by atoms with van der Waals surface area (Å²) in [6.45, 7) is 2.86. The maximum Gasteiger partial charge on any atom is 0.363 e. The number of nitrogens with one attached hydrogen (secondary N) is 1. The molecule has 0 saturated heterocycles. The molecule has 1 N–H and O–H groups in total. The molecule has 3 aromatic rings. The smallest absolute Gasteiger partial charge is 0.363 e. The number of ether oxygens (including phenoxy) is 1. The molecule has 1 heterocycles. The van der Waals surface area contributed by atoms with Crippen molar-refractivity contribution >= 4 is 27.5 Å². The fourth-order valence-corrected chi connectivity index (χ4v) is 3.54. The normalized spacial score (nSPS) is 12.1. The van der Waals surface area contributed by atoms with E-state index in [0.29, 0.717) is 5.69 Å². The summed E-state index contributed by atoms with van der Waals surface area (Å²) < 4.78 is 45.2. The summed E-state index contributed by atoms with van der Waals surface area (Å²) in [5.74, 6) is -2.31. The first-order valence-electron chi connectivity index (χ1n) is 9.65. The Kier molecular flexibility index (Phi) is 6.73. The van der Waals surface area contributed by atoms with Crippen LogP contribution in [0.3, 0.4) is 0 Å². The van der Waals surface area contributed by atoms with Gasteiger partial charge in [-0.25, -0.2) is 22.3 Å². The van der Waals surface area contributed by atoms with E-state index in [1.54, 1.807) is 6.07 Å². The molecular weight excluding hydrogens is 453 g/mol. The van der Waals surface area contributed by atoms with Gasteiger partial charge in [0.25, 0.3) is 0 Å². The van der Waals surface area contributed by atoms with E-state index in [1.165, 1.54) is 56.3 Å². The van der Waals surface area contributed by atoms with Crippen molar-refractivity contribution in [3.8, 4) is 5.69 Å². The molecule has 0 fully saturated rings. The van der Waals surface area contributed by atoms with E-state index < -0.39 is 44.8 Å². The first-order chi connectivity index (χ1) is 15.5. The zero-order chi connectivity index (χ0) is 24.3. The number of halogens is 1. The number of carbonyl (C=O) groups excluding carboxylic acids is 2. The van der Waals surface area contributed by atoms with Crippen LogP contribution in [0.25, 0.3) is 5.69 Å². The predicted molar refractivity (Wildman–Crippen MR) is 119 cm³/mol. The average molecular weight is 473 g/mol. The molecule has 33 heavy (non-hydrogen) atoms. The van der Waals surface area contributed by atoms with Gasteiger partial charge in [-0.1, -0.05) is 12.1 Å². The van der Waals surface area contributed by atoms with Gasteiger partial charge in [-0.3, -0.25) is 14.3 Å². The highest BCUT2D eigenvalue weighted by molar-refractivity contribution is 7.92. The number of sulfonamides is 1. The number of carbonyl (C=O) groups is 2. The molecule has 0 aliphatic rings. The lowest BCUT2D eigenvalue weighted by Gasteiger charge is -2.14. The number of hydrogen-bond donors (Lipinski definition) is 1. The second-order valence-electron chi connectivity index (χ2n) is 7.23. The van der Waals surface area contributed by atoms with Crippen LogP contribution in [0.5, 0.6) is 0 Å². The SMILES string of the molecule is Cc1cc(=O)c(C(=O)OC(C)C(=O)c2ccc(NS(C)(=O)=O)cc2)nn1-c1ccccc1F. The predicted octanol–water partition coefficient (Wildman–Crippen LogP) is 2.48. The zero-order valence-electron chi connectivity index (χ0n) is 17.9. The Hall–Kier alpha value is -3.86. The lowest BCUT2D eigenvalue weighted by Crippen LogP contribution is -2.30. The minimum Gasteiger partial charge on any atom is -0.449 e. The molecule has 0 spiro atoms. The van der Waals surface area contributed by atoms with Crippen molar-refractivity contribution in [1.29, 1.82) is 0 Å². The van der Waals surface area contributed by atoms with Crippen molar-refractivity contribution in [2.24, 2.45) is 0 Å². The molecule has 9 nitrogen and oxygen atoms in total. The number of aromatic nitrogens is 2. The van der Waals surface area contributed by atoms with Gasteiger partial charge in [0.15, 0.2) is 6.10 Å². The maximum atomic E-state index is 14.2. The van der Waals surface area contributed by atoms with Crippen LogP contribution in [0.2, 0.25) is 0 Å². The second-order valence-corrected chi connectivity index (χ2v) is 8.97. The van der Waals surface area contributed by atoms with Gasteiger partial charge >= 0.3 is 5.97 Å². The number of ketones is 1. The first-order valence-corrected chi connectivity index (χ1v) is 11.5. The fourth-order valence-electron chi connectivity index (χ4n) is 2.98. The topological polar surface area (TPSA) is 124 Å². The third kappa shape index (κ3) is 5.69. The van der Waals surface area contributed by atoms with Gasteiger partial charge in [-0.15, -0.1) is 0 Å². The Morgan fingerprint density at radius 1 is 1.12 bits per heavy atom. The standard InChI is InChI=1S/C22H20FN3O6S/c1-13-12-19(27)20(24-26(13)18-7-5-4-6-17(18)23)22(29)32-14(2)21(28)15-8-10-16(11-9-15)25-33(3,30)31/h4-12,14,25H,1-3H3. The molecular formula is C22H20FN3O6S. The van der Waals surface area contributed by atoms with Crippen LogP contribution in [0.4, 0.5) is 10.1 Å². The Labute approximate surface area is 188 Å². The van der Waals surface area contributed by atoms with Crippen LogP contribution in [-0.2, 0) is 14.8 Å². The third-order valence-electron chi connectivity index (χ3n) is 4.51. The molecule has 1 atom stereocenters. The molecule has 1 unspecified atom stereocenters. The van der Waals surface area contributed by atoms with E-state index in [0.717, 1.165) is 17.0 Å². The van der Waals surface area contributed by atoms with E-state index in [-0.39, 0.29) is 16.9 Å².